The molecule has 0 atom stereocenters. The van der Waals surface area contributed by atoms with Crippen molar-refractivity contribution in [3.8, 4) is 0 Å². The van der Waals surface area contributed by atoms with E-state index in [1.807, 2.05) is 18.2 Å². The lowest BCUT2D eigenvalue weighted by molar-refractivity contribution is 0.0367. The molecule has 0 aromatic carbocycles. The van der Waals surface area contributed by atoms with E-state index in [4.69, 9.17) is 9.47 Å². The largest absolute Gasteiger partial charge is 0.497 e. The number of nitrogens with zero attached hydrogens (tertiary/aromatic N) is 2. The van der Waals surface area contributed by atoms with E-state index >= 15 is 0 Å². The van der Waals surface area contributed by atoms with Gasteiger partial charge in [-0.25, -0.2) is 0 Å². The zero-order valence-electron chi connectivity index (χ0n) is 9.57. The van der Waals surface area contributed by atoms with Crippen molar-refractivity contribution in [2.45, 2.75) is 6.42 Å². The van der Waals surface area contributed by atoms with Crippen LogP contribution in [0.1, 0.15) is 6.42 Å². The van der Waals surface area contributed by atoms with Gasteiger partial charge in [-0.2, -0.15) is 0 Å². The Kier molecular flexibility index (Phi) is 8.25. The summed E-state index contributed by atoms with van der Waals surface area (Å²) in [5.74, 6) is 0. The molecule has 0 spiro atoms. The molecular weight excluding hydrogens is 220 g/mol. The maximum absolute atomic E-state index is 4.80. The second-order valence-corrected chi connectivity index (χ2v) is 3.03. The molecule has 5 nitrogen and oxygen atoms in total. The van der Waals surface area contributed by atoms with E-state index in [0.717, 1.165) is 19.8 Å². The maximum Gasteiger partial charge on any atom is 0.124 e. The van der Waals surface area contributed by atoms with Crippen LogP contribution in [0.5, 0.6) is 0 Å². The van der Waals surface area contributed by atoms with Gasteiger partial charge in [0.1, 0.15) is 12.9 Å². The molecule has 5 heteroatoms. The fourth-order valence-corrected chi connectivity index (χ4v) is 0.741. The zero-order valence-corrected chi connectivity index (χ0v) is 9.57. The monoisotopic (exact) mass is 236 g/mol. The van der Waals surface area contributed by atoms with E-state index in [9.17, 15) is 0 Å². The summed E-state index contributed by atoms with van der Waals surface area (Å²) in [6.07, 6.45) is 15.2. The van der Waals surface area contributed by atoms with E-state index in [1.54, 1.807) is 24.6 Å². The average Bonchev–Trinajstić information content (AvgIpc) is 2.62. The van der Waals surface area contributed by atoms with Gasteiger partial charge < -0.3 is 14.3 Å². The summed E-state index contributed by atoms with van der Waals surface area (Å²) < 4.78 is 9.52. The molecule has 0 aromatic heterocycles. The first-order valence-electron chi connectivity index (χ1n) is 5.39. The van der Waals surface area contributed by atoms with Crippen LogP contribution in [0.3, 0.4) is 0 Å². The number of hydrogen-bond acceptors (Lipinski definition) is 5. The summed E-state index contributed by atoms with van der Waals surface area (Å²) >= 11 is 0. The van der Waals surface area contributed by atoms with Gasteiger partial charge in [0.2, 0.25) is 0 Å². The summed E-state index contributed by atoms with van der Waals surface area (Å²) in [7, 11) is 0. The molecule has 0 N–H and O–H groups in total. The Bertz CT molecular complexity index is 286. The normalized spacial score (nSPS) is 18.4. The molecule has 17 heavy (non-hydrogen) atoms. The summed E-state index contributed by atoms with van der Waals surface area (Å²) in [6, 6.07) is 0. The van der Waals surface area contributed by atoms with Crippen molar-refractivity contribution in [1.82, 2.24) is 0 Å². The SMILES string of the molecule is C1=CCOC=C1.C1=CN=NOC=C1.C1COC1. The first-order valence-corrected chi connectivity index (χ1v) is 5.39. The van der Waals surface area contributed by atoms with Gasteiger partial charge in [0.15, 0.2) is 0 Å². The molecule has 0 unspecified atom stereocenters. The minimum atomic E-state index is 0.733. The van der Waals surface area contributed by atoms with Crippen LogP contribution in [0.2, 0.25) is 0 Å². The van der Waals surface area contributed by atoms with Crippen molar-refractivity contribution in [3.63, 3.8) is 0 Å². The third-order valence-corrected chi connectivity index (χ3v) is 1.69. The van der Waals surface area contributed by atoms with Crippen LogP contribution < -0.4 is 0 Å². The van der Waals surface area contributed by atoms with Crippen molar-refractivity contribution in [2.75, 3.05) is 19.8 Å². The summed E-state index contributed by atoms with van der Waals surface area (Å²) in [6.45, 7) is 2.73. The topological polar surface area (TPSA) is 52.4 Å². The number of rotatable bonds is 0. The van der Waals surface area contributed by atoms with Crippen molar-refractivity contribution in [2.24, 2.45) is 10.4 Å². The lowest BCUT2D eigenvalue weighted by Gasteiger charge is -2.09. The fraction of sp³-hybridized carbons (Fsp3) is 0.333. The maximum atomic E-state index is 4.80. The molecule has 3 rings (SSSR count). The number of allylic oxidation sites excluding steroid dienone is 4. The van der Waals surface area contributed by atoms with E-state index in [2.05, 4.69) is 15.2 Å². The van der Waals surface area contributed by atoms with Crippen LogP contribution in [0.4, 0.5) is 0 Å². The van der Waals surface area contributed by atoms with Crippen molar-refractivity contribution < 1.29 is 14.3 Å². The Hall–Kier alpha value is -1.88. The van der Waals surface area contributed by atoms with E-state index in [0.29, 0.717) is 0 Å². The molecule has 0 aromatic rings. The molecule has 3 heterocycles. The van der Waals surface area contributed by atoms with Crippen molar-refractivity contribution in [3.05, 3.63) is 49.1 Å². The average molecular weight is 236 g/mol. The zero-order chi connectivity index (χ0) is 12.0. The summed E-state index contributed by atoms with van der Waals surface area (Å²) in [5, 5.41) is 6.65. The van der Waals surface area contributed by atoms with Gasteiger partial charge in [0.25, 0.3) is 0 Å². The summed E-state index contributed by atoms with van der Waals surface area (Å²) in [5.41, 5.74) is 0. The van der Waals surface area contributed by atoms with Crippen LogP contribution in [0.25, 0.3) is 0 Å². The molecular formula is C12H16N2O3. The minimum Gasteiger partial charge on any atom is -0.497 e. The molecule has 3 aliphatic heterocycles. The van der Waals surface area contributed by atoms with E-state index in [-0.39, 0.29) is 0 Å². The van der Waals surface area contributed by atoms with E-state index < -0.39 is 0 Å². The Morgan fingerprint density at radius 3 is 2.18 bits per heavy atom. The minimum absolute atomic E-state index is 0.733. The Morgan fingerprint density at radius 2 is 1.71 bits per heavy atom. The molecule has 3 aliphatic rings. The van der Waals surface area contributed by atoms with Gasteiger partial charge >= 0.3 is 0 Å². The molecule has 0 bridgehead atoms. The highest BCUT2D eigenvalue weighted by Crippen LogP contribution is 1.93. The predicted molar refractivity (Wildman–Crippen MR) is 63.9 cm³/mol. The van der Waals surface area contributed by atoms with Gasteiger partial charge in [-0.05, 0) is 30.7 Å². The standard InChI is InChI=1S/C5H6O.C4H4N2O.C3H6O/c1-2-4-6-5-3-1;1-2-4-7-6-5-3-1;1-2-4-3-1/h1-4H,5H2;1-4H;1-3H2. The van der Waals surface area contributed by atoms with Crippen LogP contribution in [-0.2, 0) is 14.3 Å². The van der Waals surface area contributed by atoms with Crippen molar-refractivity contribution >= 4 is 0 Å². The lowest BCUT2D eigenvalue weighted by atomic mass is 10.4. The lowest BCUT2D eigenvalue weighted by Crippen LogP contribution is -2.09. The third kappa shape index (κ3) is 9.07. The smallest absolute Gasteiger partial charge is 0.124 e. The molecule has 92 valence electrons. The highest BCUT2D eigenvalue weighted by Gasteiger charge is 1.94. The summed E-state index contributed by atoms with van der Waals surface area (Å²) in [4.78, 5) is 4.41. The van der Waals surface area contributed by atoms with Crippen LogP contribution >= 0.6 is 0 Å². The van der Waals surface area contributed by atoms with Crippen LogP contribution in [0, 0.1) is 0 Å². The van der Waals surface area contributed by atoms with Gasteiger partial charge in [0, 0.05) is 18.5 Å². The molecule has 0 aliphatic carbocycles. The highest BCUT2D eigenvalue weighted by molar-refractivity contribution is 5.03. The predicted octanol–water partition coefficient (Wildman–Crippen LogP) is 2.90. The molecule has 1 fully saturated rings. The van der Waals surface area contributed by atoms with Crippen LogP contribution in [-0.4, -0.2) is 19.8 Å². The Morgan fingerprint density at radius 1 is 0.941 bits per heavy atom. The third-order valence-electron chi connectivity index (χ3n) is 1.69. The second-order valence-electron chi connectivity index (χ2n) is 3.03. The Labute approximate surface area is 101 Å². The molecule has 1 saturated heterocycles. The van der Waals surface area contributed by atoms with Gasteiger partial charge in [-0.1, -0.05) is 6.08 Å². The first-order chi connectivity index (χ1) is 8.50. The van der Waals surface area contributed by atoms with E-state index in [1.165, 1.54) is 12.7 Å². The Balaban J connectivity index is 0.000000132. The molecule has 0 amide bonds. The van der Waals surface area contributed by atoms with Crippen molar-refractivity contribution in [1.29, 1.82) is 0 Å². The first kappa shape index (κ1) is 13.2. The van der Waals surface area contributed by atoms with Gasteiger partial charge in [0.05, 0.1) is 12.5 Å². The quantitative estimate of drug-likeness (QED) is 0.649. The number of hydrogen-bond donors (Lipinski definition) is 0. The van der Waals surface area contributed by atoms with Gasteiger partial charge in [-0.3, -0.25) is 0 Å². The van der Waals surface area contributed by atoms with Gasteiger partial charge in [-0.15, -0.1) is 5.11 Å². The second kappa shape index (κ2) is 10.6. The van der Waals surface area contributed by atoms with Crippen LogP contribution in [0.15, 0.2) is 59.5 Å². The molecule has 0 radical (unpaired) electrons. The number of ether oxygens (including phenoxy) is 2. The highest BCUT2D eigenvalue weighted by atomic mass is 16.6. The molecule has 0 saturated carbocycles. The fourth-order valence-electron chi connectivity index (χ4n) is 0.741.